The third-order valence-corrected chi connectivity index (χ3v) is 2.32. The van der Waals surface area contributed by atoms with E-state index in [0.29, 0.717) is 4.47 Å². The molecule has 1 atom stereocenters. The van der Waals surface area contributed by atoms with Crippen molar-refractivity contribution in [2.45, 2.75) is 6.04 Å². The average Bonchev–Trinajstić information content (AvgIpc) is 2.12. The SMILES string of the molecule is Cl.N[C@@H](CO)c1c(F)ccc(Br)c1O. The van der Waals surface area contributed by atoms with Gasteiger partial charge in [0, 0.05) is 5.56 Å². The number of halogens is 3. The Morgan fingerprint density at radius 2 is 2.07 bits per heavy atom. The van der Waals surface area contributed by atoms with E-state index in [1.54, 1.807) is 0 Å². The van der Waals surface area contributed by atoms with Crippen LogP contribution in [-0.2, 0) is 0 Å². The van der Waals surface area contributed by atoms with Gasteiger partial charge in [0.2, 0.25) is 0 Å². The van der Waals surface area contributed by atoms with Gasteiger partial charge in [0.05, 0.1) is 17.1 Å². The maximum atomic E-state index is 13.1. The smallest absolute Gasteiger partial charge is 0.137 e. The normalized spacial score (nSPS) is 12.0. The lowest BCUT2D eigenvalue weighted by atomic mass is 10.1. The molecule has 4 N–H and O–H groups in total. The molecule has 0 spiro atoms. The standard InChI is InChI=1S/C8H9BrFNO2.ClH/c9-4-1-2-5(10)7(8(4)13)6(11)3-12;/h1-2,6,12-13H,3,11H2;1H/t6-;/m0./s1. The monoisotopic (exact) mass is 285 g/mol. The first-order chi connectivity index (χ1) is 6.07. The Labute approximate surface area is 95.3 Å². The number of aliphatic hydroxyl groups excluding tert-OH is 1. The predicted octanol–water partition coefficient (Wildman–Crippen LogP) is 1.71. The first kappa shape index (κ1) is 13.6. The summed E-state index contributed by atoms with van der Waals surface area (Å²) in [6, 6.07) is 1.64. The number of aliphatic hydroxyl groups is 1. The molecule has 0 radical (unpaired) electrons. The maximum Gasteiger partial charge on any atom is 0.137 e. The summed E-state index contributed by atoms with van der Waals surface area (Å²) >= 11 is 3.02. The van der Waals surface area contributed by atoms with E-state index in [0.717, 1.165) is 0 Å². The van der Waals surface area contributed by atoms with Gasteiger partial charge in [0.25, 0.3) is 0 Å². The van der Waals surface area contributed by atoms with Gasteiger partial charge in [-0.15, -0.1) is 12.4 Å². The number of aromatic hydroxyl groups is 1. The first-order valence-corrected chi connectivity index (χ1v) is 4.40. The van der Waals surface area contributed by atoms with Gasteiger partial charge >= 0.3 is 0 Å². The van der Waals surface area contributed by atoms with Crippen LogP contribution in [0.3, 0.4) is 0 Å². The minimum Gasteiger partial charge on any atom is -0.506 e. The summed E-state index contributed by atoms with van der Waals surface area (Å²) in [5.41, 5.74) is 5.32. The molecule has 80 valence electrons. The summed E-state index contributed by atoms with van der Waals surface area (Å²) in [6.07, 6.45) is 0. The fraction of sp³-hybridized carbons (Fsp3) is 0.250. The zero-order chi connectivity index (χ0) is 10.0. The molecule has 6 heteroatoms. The van der Waals surface area contributed by atoms with Crippen LogP contribution < -0.4 is 5.73 Å². The number of hydrogen-bond acceptors (Lipinski definition) is 3. The van der Waals surface area contributed by atoms with E-state index in [9.17, 15) is 9.50 Å². The highest BCUT2D eigenvalue weighted by molar-refractivity contribution is 9.10. The van der Waals surface area contributed by atoms with Crippen LogP contribution in [0.15, 0.2) is 16.6 Å². The average molecular weight is 287 g/mol. The Hall–Kier alpha value is -0.360. The van der Waals surface area contributed by atoms with E-state index < -0.39 is 18.5 Å². The zero-order valence-electron chi connectivity index (χ0n) is 7.08. The minimum absolute atomic E-state index is 0. The molecule has 1 aromatic carbocycles. The molecule has 0 saturated carbocycles. The van der Waals surface area contributed by atoms with Gasteiger partial charge in [-0.25, -0.2) is 4.39 Å². The number of nitrogens with two attached hydrogens (primary N) is 1. The van der Waals surface area contributed by atoms with Crippen LogP contribution in [0.4, 0.5) is 4.39 Å². The Bertz CT molecular complexity index is 324. The Morgan fingerprint density at radius 3 is 2.57 bits per heavy atom. The molecule has 0 aromatic heterocycles. The van der Waals surface area contributed by atoms with Crippen LogP contribution in [-0.4, -0.2) is 16.8 Å². The Kier molecular flexibility index (Phi) is 5.36. The lowest BCUT2D eigenvalue weighted by molar-refractivity contribution is 0.262. The third kappa shape index (κ3) is 2.57. The lowest BCUT2D eigenvalue weighted by Gasteiger charge is -2.12. The fourth-order valence-corrected chi connectivity index (χ4v) is 1.35. The number of phenolic OH excluding ortho intramolecular Hbond substituents is 1. The minimum atomic E-state index is -0.905. The van der Waals surface area contributed by atoms with Crippen LogP contribution in [0, 0.1) is 5.82 Å². The summed E-state index contributed by atoms with van der Waals surface area (Å²) in [6.45, 7) is -0.416. The first-order valence-electron chi connectivity index (χ1n) is 3.61. The highest BCUT2D eigenvalue weighted by Crippen LogP contribution is 2.32. The Morgan fingerprint density at radius 1 is 1.50 bits per heavy atom. The van der Waals surface area contributed by atoms with Gasteiger partial charge in [-0.05, 0) is 28.1 Å². The van der Waals surface area contributed by atoms with E-state index in [-0.39, 0.29) is 23.7 Å². The molecule has 0 aliphatic carbocycles. The molecule has 0 aliphatic heterocycles. The predicted molar refractivity (Wildman–Crippen MR) is 57.0 cm³/mol. The number of benzene rings is 1. The highest BCUT2D eigenvalue weighted by atomic mass is 79.9. The van der Waals surface area contributed by atoms with Gasteiger partial charge in [0.1, 0.15) is 11.6 Å². The van der Waals surface area contributed by atoms with Crippen molar-refractivity contribution < 1.29 is 14.6 Å². The van der Waals surface area contributed by atoms with E-state index >= 15 is 0 Å². The van der Waals surface area contributed by atoms with Crippen molar-refractivity contribution in [1.82, 2.24) is 0 Å². The fourth-order valence-electron chi connectivity index (χ4n) is 1.00. The van der Waals surface area contributed by atoms with Crippen molar-refractivity contribution in [3.8, 4) is 5.75 Å². The van der Waals surface area contributed by atoms with Crippen LogP contribution in [0.1, 0.15) is 11.6 Å². The largest absolute Gasteiger partial charge is 0.506 e. The second-order valence-electron chi connectivity index (χ2n) is 2.58. The van der Waals surface area contributed by atoms with Gasteiger partial charge in [-0.1, -0.05) is 0 Å². The molecule has 0 aliphatic rings. The zero-order valence-corrected chi connectivity index (χ0v) is 9.48. The lowest BCUT2D eigenvalue weighted by Crippen LogP contribution is -2.16. The van der Waals surface area contributed by atoms with E-state index in [1.807, 2.05) is 0 Å². The summed E-state index contributed by atoms with van der Waals surface area (Å²) < 4.78 is 13.5. The van der Waals surface area contributed by atoms with Crippen LogP contribution >= 0.6 is 28.3 Å². The van der Waals surface area contributed by atoms with Crippen molar-refractivity contribution in [1.29, 1.82) is 0 Å². The highest BCUT2D eigenvalue weighted by Gasteiger charge is 2.17. The van der Waals surface area contributed by atoms with Gasteiger partial charge < -0.3 is 15.9 Å². The van der Waals surface area contributed by atoms with Gasteiger partial charge in [-0.3, -0.25) is 0 Å². The van der Waals surface area contributed by atoms with Crippen LogP contribution in [0.25, 0.3) is 0 Å². The molecule has 0 heterocycles. The molecule has 1 rings (SSSR count). The second-order valence-corrected chi connectivity index (χ2v) is 3.43. The molecular formula is C8H10BrClFNO2. The van der Waals surface area contributed by atoms with Crippen molar-refractivity contribution in [3.63, 3.8) is 0 Å². The molecule has 0 bridgehead atoms. The number of rotatable bonds is 2. The second kappa shape index (κ2) is 5.50. The van der Waals surface area contributed by atoms with E-state index in [1.165, 1.54) is 12.1 Å². The summed E-state index contributed by atoms with van der Waals surface area (Å²) in [5.74, 6) is -0.885. The molecule has 1 aromatic rings. The Balaban J connectivity index is 0.00000169. The molecular weight excluding hydrogens is 276 g/mol. The van der Waals surface area contributed by atoms with Gasteiger partial charge in [0.15, 0.2) is 0 Å². The molecule has 0 saturated heterocycles. The summed E-state index contributed by atoms with van der Waals surface area (Å²) in [5, 5.41) is 18.1. The quantitative estimate of drug-likeness (QED) is 0.775. The maximum absolute atomic E-state index is 13.1. The topological polar surface area (TPSA) is 66.5 Å². The molecule has 0 amide bonds. The van der Waals surface area contributed by atoms with Crippen LogP contribution in [0.2, 0.25) is 0 Å². The molecule has 0 fully saturated rings. The molecule has 3 nitrogen and oxygen atoms in total. The molecule has 0 unspecified atom stereocenters. The van der Waals surface area contributed by atoms with Crippen molar-refractivity contribution in [2.24, 2.45) is 5.73 Å². The van der Waals surface area contributed by atoms with Gasteiger partial charge in [-0.2, -0.15) is 0 Å². The summed E-state index contributed by atoms with van der Waals surface area (Å²) in [4.78, 5) is 0. The number of hydrogen-bond donors (Lipinski definition) is 3. The van der Waals surface area contributed by atoms with Crippen molar-refractivity contribution in [3.05, 3.63) is 28.0 Å². The van der Waals surface area contributed by atoms with E-state index in [4.69, 9.17) is 10.8 Å². The van der Waals surface area contributed by atoms with Crippen LogP contribution in [0.5, 0.6) is 5.75 Å². The summed E-state index contributed by atoms with van der Waals surface area (Å²) in [7, 11) is 0. The van der Waals surface area contributed by atoms with Crippen molar-refractivity contribution in [2.75, 3.05) is 6.61 Å². The third-order valence-electron chi connectivity index (χ3n) is 1.68. The number of phenols is 1. The van der Waals surface area contributed by atoms with E-state index in [2.05, 4.69) is 15.9 Å². The molecule has 14 heavy (non-hydrogen) atoms. The van der Waals surface area contributed by atoms with Crippen molar-refractivity contribution >= 4 is 28.3 Å².